The molecule has 0 aliphatic heterocycles. The fraction of sp³-hybridized carbons (Fsp3) is 0.921. The molecule has 0 saturated heterocycles. The number of phosphoric acid groups is 1. The Morgan fingerprint density at radius 3 is 1.15 bits per heavy atom. The van der Waals surface area contributed by atoms with Crippen LogP contribution in [0.25, 0.3) is 0 Å². The second kappa shape index (κ2) is 54.8. The van der Waals surface area contributed by atoms with Gasteiger partial charge in [-0.25, -0.2) is 0 Å². The highest BCUT2D eigenvalue weighted by atomic mass is 31.2. The lowest BCUT2D eigenvalue weighted by molar-refractivity contribution is -0.870. The zero-order valence-corrected chi connectivity index (χ0v) is 49.8. The Morgan fingerprint density at radius 1 is 0.486 bits per heavy atom. The number of nitrogens with one attached hydrogen (secondary N) is 1. The topological polar surface area (TPSA) is 108 Å². The van der Waals surface area contributed by atoms with Gasteiger partial charge in [-0.3, -0.25) is 9.36 Å². The Labute approximate surface area is 449 Å². The highest BCUT2D eigenvalue weighted by Gasteiger charge is 2.24. The highest BCUT2D eigenvalue weighted by molar-refractivity contribution is 7.45. The van der Waals surface area contributed by atoms with Crippen LogP contribution in [0, 0.1) is 0 Å². The fourth-order valence-corrected chi connectivity index (χ4v) is 10.4. The number of carbonyl (C=O) groups excluding carboxylic acids is 1. The zero-order valence-electron chi connectivity index (χ0n) is 48.9. The first-order valence-corrected chi connectivity index (χ1v) is 33.1. The molecule has 0 radical (unpaired) electrons. The Kier molecular flexibility index (Phi) is 54.0. The molecule has 2 N–H and O–H groups in total. The summed E-state index contributed by atoms with van der Waals surface area (Å²) >= 11 is 0. The van der Waals surface area contributed by atoms with Crippen LogP contribution in [0.2, 0.25) is 0 Å². The van der Waals surface area contributed by atoms with E-state index in [9.17, 15) is 19.4 Å². The first-order chi connectivity index (χ1) is 35.0. The summed E-state index contributed by atoms with van der Waals surface area (Å²) in [6.07, 6.45) is 69.4. The monoisotopic (exact) mass is 1040 g/mol. The van der Waals surface area contributed by atoms with E-state index in [0.29, 0.717) is 23.9 Å². The maximum absolute atomic E-state index is 13.0. The van der Waals surface area contributed by atoms with Gasteiger partial charge in [0.15, 0.2) is 0 Å². The van der Waals surface area contributed by atoms with Crippen LogP contribution < -0.4 is 10.2 Å². The van der Waals surface area contributed by atoms with E-state index in [-0.39, 0.29) is 19.1 Å². The second-order valence-electron chi connectivity index (χ2n) is 23.1. The van der Waals surface area contributed by atoms with E-state index in [2.05, 4.69) is 43.5 Å². The molecule has 3 unspecified atom stereocenters. The SMILES string of the molecule is CCCCCCCCCCC/C=C\C/C=C\CCCCCCCCCCCC(=O)NC(COP(=O)([O-])OCC[N+](C)(C)C)C(O)CCCCCCCCCCCCCCCCCCCCCCCCCCC. The lowest BCUT2D eigenvalue weighted by Crippen LogP contribution is -2.46. The summed E-state index contributed by atoms with van der Waals surface area (Å²) in [5.41, 5.74) is 0. The maximum Gasteiger partial charge on any atom is 0.268 e. The molecule has 3 atom stereocenters. The molecule has 0 saturated carbocycles. The van der Waals surface area contributed by atoms with Gasteiger partial charge in [0.2, 0.25) is 5.91 Å². The van der Waals surface area contributed by atoms with Crippen molar-refractivity contribution >= 4 is 13.7 Å². The van der Waals surface area contributed by atoms with Crippen LogP contribution in [0.5, 0.6) is 0 Å². The van der Waals surface area contributed by atoms with Gasteiger partial charge in [-0.05, 0) is 44.9 Å². The lowest BCUT2D eigenvalue weighted by atomic mass is 10.0. The van der Waals surface area contributed by atoms with E-state index >= 15 is 0 Å². The molecule has 0 spiro atoms. The predicted octanol–water partition coefficient (Wildman–Crippen LogP) is 18.9. The van der Waals surface area contributed by atoms with E-state index < -0.39 is 20.0 Å². The summed E-state index contributed by atoms with van der Waals surface area (Å²) in [7, 11) is 1.31. The van der Waals surface area contributed by atoms with Crippen molar-refractivity contribution in [2.24, 2.45) is 0 Å². The molecule has 0 rings (SSSR count). The molecule has 1 amide bonds. The van der Waals surface area contributed by atoms with E-state index in [1.807, 2.05) is 21.1 Å². The van der Waals surface area contributed by atoms with Crippen LogP contribution >= 0.6 is 7.82 Å². The lowest BCUT2D eigenvalue weighted by Gasteiger charge is -2.30. The summed E-state index contributed by atoms with van der Waals surface area (Å²) in [5.74, 6) is -0.164. The van der Waals surface area contributed by atoms with Crippen LogP contribution in [0.1, 0.15) is 322 Å². The third kappa shape index (κ3) is 56.7. The molecule has 0 aromatic rings. The van der Waals surface area contributed by atoms with E-state index in [1.54, 1.807) is 0 Å². The standard InChI is InChI=1S/C63H125N2O6P/c1-6-8-10-12-14-16-18-20-22-24-26-28-30-32-34-36-38-40-42-44-46-48-50-52-54-56-62(66)61(60-71-72(68,69)70-59-58-65(3,4)5)64-63(67)57-55-53-51-49-47-45-43-41-39-37-35-33-31-29-27-25-23-21-19-17-15-13-11-9-7-2/h27,29,33,35,61-62,66H,6-26,28,30-32,34,36-60H2,1-5H3,(H-,64,67,68,69)/b29-27-,35-33-. The van der Waals surface area contributed by atoms with Crippen molar-refractivity contribution < 1.29 is 32.9 Å². The minimum Gasteiger partial charge on any atom is -0.756 e. The molecule has 0 bridgehead atoms. The van der Waals surface area contributed by atoms with Crippen LogP contribution in [0.15, 0.2) is 24.3 Å². The van der Waals surface area contributed by atoms with Crippen molar-refractivity contribution in [3.63, 3.8) is 0 Å². The van der Waals surface area contributed by atoms with Crippen molar-refractivity contribution in [3.8, 4) is 0 Å². The molecule has 0 aromatic heterocycles. The molecule has 0 fully saturated rings. The number of rotatable bonds is 59. The van der Waals surface area contributed by atoms with E-state index in [4.69, 9.17) is 9.05 Å². The third-order valence-electron chi connectivity index (χ3n) is 14.7. The molecular weight excluding hydrogens is 912 g/mol. The number of unbranched alkanes of at least 4 members (excludes halogenated alkanes) is 42. The quantitative estimate of drug-likeness (QED) is 0.0272. The molecule has 9 heteroatoms. The number of aliphatic hydroxyl groups excluding tert-OH is 1. The maximum atomic E-state index is 13.0. The van der Waals surface area contributed by atoms with E-state index in [0.717, 1.165) is 44.9 Å². The van der Waals surface area contributed by atoms with Gasteiger partial charge in [-0.2, -0.15) is 0 Å². The smallest absolute Gasteiger partial charge is 0.268 e. The number of hydrogen-bond donors (Lipinski definition) is 2. The van der Waals surface area contributed by atoms with Crippen molar-refractivity contribution in [1.29, 1.82) is 0 Å². The summed E-state index contributed by atoms with van der Waals surface area (Å²) in [5, 5.41) is 14.1. The van der Waals surface area contributed by atoms with Gasteiger partial charge in [0.1, 0.15) is 13.2 Å². The molecule has 428 valence electrons. The average Bonchev–Trinajstić information content (AvgIpc) is 3.34. The molecule has 0 aromatic carbocycles. The Bertz CT molecular complexity index is 1220. The molecule has 0 aliphatic carbocycles. The normalized spacial score (nSPS) is 13.9. The number of amides is 1. The number of nitrogens with zero attached hydrogens (tertiary/aromatic N) is 1. The number of allylic oxidation sites excluding steroid dienone is 4. The van der Waals surface area contributed by atoms with Crippen LogP contribution in [-0.4, -0.2) is 68.5 Å². The minimum atomic E-state index is -4.58. The molecular formula is C63H125N2O6P. The summed E-state index contributed by atoms with van der Waals surface area (Å²) in [6, 6.07) is -0.803. The van der Waals surface area contributed by atoms with Gasteiger partial charge >= 0.3 is 0 Å². The largest absolute Gasteiger partial charge is 0.756 e. The number of aliphatic hydroxyl groups is 1. The third-order valence-corrected chi connectivity index (χ3v) is 15.7. The number of quaternary nitrogens is 1. The van der Waals surface area contributed by atoms with Gasteiger partial charge in [-0.15, -0.1) is 0 Å². The summed E-state index contributed by atoms with van der Waals surface area (Å²) in [6.45, 7) is 4.77. The fourth-order valence-electron chi connectivity index (χ4n) is 9.72. The van der Waals surface area contributed by atoms with Crippen LogP contribution in [0.4, 0.5) is 0 Å². The summed E-state index contributed by atoms with van der Waals surface area (Å²) in [4.78, 5) is 25.6. The highest BCUT2D eigenvalue weighted by Crippen LogP contribution is 2.38. The van der Waals surface area contributed by atoms with Gasteiger partial charge < -0.3 is 28.8 Å². The predicted molar refractivity (Wildman–Crippen MR) is 312 cm³/mol. The summed E-state index contributed by atoms with van der Waals surface area (Å²) < 4.78 is 23.5. The average molecular weight is 1040 g/mol. The number of phosphoric ester groups is 1. The number of carbonyl (C=O) groups is 1. The number of likely N-dealkylation sites (N-methyl/N-ethyl adjacent to an activating group) is 1. The van der Waals surface area contributed by atoms with Crippen molar-refractivity contribution in [1.82, 2.24) is 5.32 Å². The first-order valence-electron chi connectivity index (χ1n) is 31.7. The molecule has 0 heterocycles. The molecule has 8 nitrogen and oxygen atoms in total. The minimum absolute atomic E-state index is 0.0127. The first kappa shape index (κ1) is 71.0. The second-order valence-corrected chi connectivity index (χ2v) is 24.5. The van der Waals surface area contributed by atoms with Crippen molar-refractivity contribution in [2.45, 2.75) is 334 Å². The van der Waals surface area contributed by atoms with Crippen LogP contribution in [-0.2, 0) is 18.4 Å². The van der Waals surface area contributed by atoms with Crippen molar-refractivity contribution in [3.05, 3.63) is 24.3 Å². The Hall–Kier alpha value is -1.02. The van der Waals surface area contributed by atoms with Crippen molar-refractivity contribution in [2.75, 3.05) is 40.9 Å². The van der Waals surface area contributed by atoms with Gasteiger partial charge in [0, 0.05) is 6.42 Å². The number of hydrogen-bond acceptors (Lipinski definition) is 6. The zero-order chi connectivity index (χ0) is 52.7. The van der Waals surface area contributed by atoms with Gasteiger partial charge in [0.05, 0.1) is 39.9 Å². The van der Waals surface area contributed by atoms with Gasteiger partial charge in [0.25, 0.3) is 7.82 Å². The van der Waals surface area contributed by atoms with E-state index in [1.165, 1.54) is 250 Å². The Morgan fingerprint density at radius 2 is 0.806 bits per heavy atom. The van der Waals surface area contributed by atoms with Crippen LogP contribution in [0.3, 0.4) is 0 Å². The molecule has 0 aliphatic rings. The Balaban J connectivity index is 4.11. The van der Waals surface area contributed by atoms with Gasteiger partial charge in [-0.1, -0.05) is 295 Å². The molecule has 72 heavy (non-hydrogen) atoms.